The maximum Gasteiger partial charge on any atom is 0.211 e. The standard InChI is InChI=1S/C7H16N2O2S/c1-2-5-12(10,11)9-7-3-4-8-6-7/h7-9H,2-6H2,1H3/t7-/m0/s1. The normalized spacial score (nSPS) is 24.6. The van der Waals surface area contributed by atoms with E-state index in [1.54, 1.807) is 0 Å². The van der Waals surface area contributed by atoms with Gasteiger partial charge in [-0.15, -0.1) is 0 Å². The van der Waals surface area contributed by atoms with Crippen LogP contribution in [0, 0.1) is 0 Å². The highest BCUT2D eigenvalue weighted by Crippen LogP contribution is 2.00. The van der Waals surface area contributed by atoms with Crippen LogP contribution >= 0.6 is 0 Å². The van der Waals surface area contributed by atoms with E-state index >= 15 is 0 Å². The molecule has 2 N–H and O–H groups in total. The Balaban J connectivity index is 2.38. The summed E-state index contributed by atoms with van der Waals surface area (Å²) in [6, 6.07) is 0.113. The lowest BCUT2D eigenvalue weighted by Crippen LogP contribution is -2.37. The van der Waals surface area contributed by atoms with Crippen molar-refractivity contribution in [1.82, 2.24) is 10.0 Å². The van der Waals surface area contributed by atoms with Crippen LogP contribution in [-0.2, 0) is 10.0 Å². The lowest BCUT2D eigenvalue weighted by Gasteiger charge is -2.10. The Morgan fingerprint density at radius 2 is 2.33 bits per heavy atom. The molecule has 0 unspecified atom stereocenters. The molecule has 0 saturated carbocycles. The predicted octanol–water partition coefficient (Wildman–Crippen LogP) is -0.322. The molecule has 4 nitrogen and oxygen atoms in total. The predicted molar refractivity (Wildman–Crippen MR) is 48.5 cm³/mol. The maximum atomic E-state index is 11.2. The Kier molecular flexibility index (Phi) is 3.49. The van der Waals surface area contributed by atoms with Gasteiger partial charge in [-0.1, -0.05) is 6.92 Å². The first kappa shape index (κ1) is 9.95. The summed E-state index contributed by atoms with van der Waals surface area (Å²) in [5, 5.41) is 3.11. The first-order valence-electron chi connectivity index (χ1n) is 4.35. The summed E-state index contributed by atoms with van der Waals surface area (Å²) in [5.74, 6) is 0.240. The molecule has 1 aliphatic heterocycles. The fourth-order valence-electron chi connectivity index (χ4n) is 1.34. The van der Waals surface area contributed by atoms with E-state index in [2.05, 4.69) is 10.0 Å². The molecule has 0 aromatic heterocycles. The second-order valence-corrected chi connectivity index (χ2v) is 5.00. The lowest BCUT2D eigenvalue weighted by molar-refractivity contribution is 0.559. The molecule has 1 heterocycles. The van der Waals surface area contributed by atoms with Crippen LogP contribution < -0.4 is 10.0 Å². The van der Waals surface area contributed by atoms with Crippen molar-refractivity contribution in [1.29, 1.82) is 0 Å². The molecule has 0 spiro atoms. The van der Waals surface area contributed by atoms with Gasteiger partial charge in [-0.3, -0.25) is 0 Å². The third-order valence-corrected chi connectivity index (χ3v) is 3.52. The van der Waals surface area contributed by atoms with Gasteiger partial charge in [0.25, 0.3) is 0 Å². The van der Waals surface area contributed by atoms with Gasteiger partial charge in [-0.05, 0) is 19.4 Å². The van der Waals surface area contributed by atoms with Gasteiger partial charge in [0.2, 0.25) is 10.0 Å². The summed E-state index contributed by atoms with van der Waals surface area (Å²) < 4.78 is 25.2. The Labute approximate surface area is 73.8 Å². The highest BCUT2D eigenvalue weighted by atomic mass is 32.2. The minimum Gasteiger partial charge on any atom is -0.315 e. The van der Waals surface area contributed by atoms with Crippen LogP contribution in [0.25, 0.3) is 0 Å². The van der Waals surface area contributed by atoms with Crippen LogP contribution in [0.15, 0.2) is 0 Å². The van der Waals surface area contributed by atoms with Crippen LogP contribution in [0.3, 0.4) is 0 Å². The Morgan fingerprint density at radius 3 is 2.83 bits per heavy atom. The minimum absolute atomic E-state index is 0.113. The van der Waals surface area contributed by atoms with E-state index in [0.717, 1.165) is 19.5 Å². The molecular weight excluding hydrogens is 176 g/mol. The van der Waals surface area contributed by atoms with Crippen molar-refractivity contribution in [2.75, 3.05) is 18.8 Å². The van der Waals surface area contributed by atoms with Gasteiger partial charge >= 0.3 is 0 Å². The zero-order chi connectivity index (χ0) is 9.03. The highest BCUT2D eigenvalue weighted by Gasteiger charge is 2.19. The van der Waals surface area contributed by atoms with Crippen molar-refractivity contribution in [2.45, 2.75) is 25.8 Å². The number of rotatable bonds is 4. The minimum atomic E-state index is -3.01. The number of nitrogens with one attached hydrogen (secondary N) is 2. The largest absolute Gasteiger partial charge is 0.315 e. The molecule has 0 aromatic carbocycles. The smallest absolute Gasteiger partial charge is 0.211 e. The van der Waals surface area contributed by atoms with Gasteiger partial charge in [0.1, 0.15) is 0 Å². The monoisotopic (exact) mass is 192 g/mol. The molecular formula is C7H16N2O2S. The van der Waals surface area contributed by atoms with Crippen molar-refractivity contribution in [3.8, 4) is 0 Å². The first-order chi connectivity index (χ1) is 5.64. The Hall–Kier alpha value is -0.130. The topological polar surface area (TPSA) is 58.2 Å². The van der Waals surface area contributed by atoms with E-state index < -0.39 is 10.0 Å². The summed E-state index contributed by atoms with van der Waals surface area (Å²) in [6.45, 7) is 3.55. The molecule has 0 amide bonds. The van der Waals surface area contributed by atoms with Crippen molar-refractivity contribution in [3.63, 3.8) is 0 Å². The second-order valence-electron chi connectivity index (χ2n) is 3.13. The van der Waals surface area contributed by atoms with E-state index in [9.17, 15) is 8.42 Å². The molecule has 12 heavy (non-hydrogen) atoms. The molecule has 1 aliphatic rings. The van der Waals surface area contributed by atoms with E-state index in [1.165, 1.54) is 0 Å². The molecule has 1 saturated heterocycles. The third-order valence-electron chi connectivity index (χ3n) is 1.88. The van der Waals surface area contributed by atoms with Crippen LogP contribution in [0.5, 0.6) is 0 Å². The molecule has 0 bridgehead atoms. The number of hydrogen-bond acceptors (Lipinski definition) is 3. The van der Waals surface area contributed by atoms with Gasteiger partial charge in [0.15, 0.2) is 0 Å². The summed E-state index contributed by atoms with van der Waals surface area (Å²) in [7, 11) is -3.01. The van der Waals surface area contributed by atoms with Gasteiger partial charge in [-0.2, -0.15) is 0 Å². The lowest BCUT2D eigenvalue weighted by atomic mass is 10.3. The van der Waals surface area contributed by atoms with Gasteiger partial charge < -0.3 is 5.32 Å². The summed E-state index contributed by atoms with van der Waals surface area (Å²) in [6.07, 6.45) is 1.58. The fourth-order valence-corrected chi connectivity index (χ4v) is 2.70. The molecule has 0 aromatic rings. The quantitative estimate of drug-likeness (QED) is 0.641. The Morgan fingerprint density at radius 1 is 1.58 bits per heavy atom. The molecule has 0 aliphatic carbocycles. The zero-order valence-corrected chi connectivity index (χ0v) is 8.15. The average molecular weight is 192 g/mol. The molecule has 1 atom stereocenters. The van der Waals surface area contributed by atoms with Gasteiger partial charge in [0.05, 0.1) is 5.75 Å². The highest BCUT2D eigenvalue weighted by molar-refractivity contribution is 7.89. The molecule has 0 radical (unpaired) electrons. The summed E-state index contributed by atoms with van der Waals surface area (Å²) in [4.78, 5) is 0. The van der Waals surface area contributed by atoms with Crippen LogP contribution in [0.2, 0.25) is 0 Å². The van der Waals surface area contributed by atoms with Crippen molar-refractivity contribution in [3.05, 3.63) is 0 Å². The maximum absolute atomic E-state index is 11.2. The van der Waals surface area contributed by atoms with E-state index in [4.69, 9.17) is 0 Å². The van der Waals surface area contributed by atoms with Crippen LogP contribution in [0.4, 0.5) is 0 Å². The first-order valence-corrected chi connectivity index (χ1v) is 6.00. The summed E-state index contributed by atoms with van der Waals surface area (Å²) >= 11 is 0. The van der Waals surface area contributed by atoms with Gasteiger partial charge in [0, 0.05) is 12.6 Å². The van der Waals surface area contributed by atoms with E-state index in [1.807, 2.05) is 6.92 Å². The SMILES string of the molecule is CCCS(=O)(=O)N[C@H]1CCNC1. The van der Waals surface area contributed by atoms with Crippen molar-refractivity contribution in [2.24, 2.45) is 0 Å². The number of sulfonamides is 1. The van der Waals surface area contributed by atoms with Crippen molar-refractivity contribution < 1.29 is 8.42 Å². The average Bonchev–Trinajstić information content (AvgIpc) is 2.38. The molecule has 1 rings (SSSR count). The van der Waals surface area contributed by atoms with Crippen molar-refractivity contribution >= 4 is 10.0 Å². The summed E-state index contributed by atoms with van der Waals surface area (Å²) in [5.41, 5.74) is 0. The zero-order valence-electron chi connectivity index (χ0n) is 7.34. The fraction of sp³-hybridized carbons (Fsp3) is 1.00. The van der Waals surface area contributed by atoms with Crippen LogP contribution in [-0.4, -0.2) is 33.3 Å². The molecule has 1 fully saturated rings. The number of hydrogen-bond donors (Lipinski definition) is 2. The second kappa shape index (κ2) is 4.20. The Bertz CT molecular complexity index is 220. The van der Waals surface area contributed by atoms with E-state index in [-0.39, 0.29) is 11.8 Å². The van der Waals surface area contributed by atoms with E-state index in [0.29, 0.717) is 6.42 Å². The molecule has 5 heteroatoms. The van der Waals surface area contributed by atoms with Crippen LogP contribution in [0.1, 0.15) is 19.8 Å². The van der Waals surface area contributed by atoms with Gasteiger partial charge in [-0.25, -0.2) is 13.1 Å². The molecule has 72 valence electrons. The third kappa shape index (κ3) is 3.08.